The fourth-order valence-electron chi connectivity index (χ4n) is 3.11. The van der Waals surface area contributed by atoms with Crippen molar-refractivity contribution < 1.29 is 17.9 Å². The second kappa shape index (κ2) is 8.70. The van der Waals surface area contributed by atoms with Gasteiger partial charge in [-0.1, -0.05) is 12.1 Å². The first-order chi connectivity index (χ1) is 13.4. The van der Waals surface area contributed by atoms with Crippen molar-refractivity contribution in [3.63, 3.8) is 0 Å². The van der Waals surface area contributed by atoms with Crippen LogP contribution in [0.3, 0.4) is 0 Å². The lowest BCUT2D eigenvalue weighted by Gasteiger charge is -2.32. The first-order valence-corrected chi connectivity index (χ1v) is 10.8. The van der Waals surface area contributed by atoms with Gasteiger partial charge in [-0.15, -0.1) is 0 Å². The monoisotopic (exact) mass is 403 g/mol. The molecule has 0 radical (unpaired) electrons. The minimum atomic E-state index is -3.37. The van der Waals surface area contributed by atoms with Crippen LogP contribution in [0.25, 0.3) is 0 Å². The van der Waals surface area contributed by atoms with Gasteiger partial charge in [0.25, 0.3) is 0 Å². The van der Waals surface area contributed by atoms with Crippen LogP contribution in [0.1, 0.15) is 26.7 Å². The number of carbonyl (C=O) groups excluding carboxylic acids is 1. The standard InChI is InChI=1S/C20H25N3O4S/c1-15(2)28(25,26)23-12-6-7-16(14-23)20(24)22-18-9-3-4-10-19(18)27-17-8-5-11-21-13-17/h3-5,8-11,13,15-16H,6-7,12,14H2,1-2H3,(H,22,24)/t16-/m0/s1. The molecule has 7 nitrogen and oxygen atoms in total. The van der Waals surface area contributed by atoms with Crippen molar-refractivity contribution in [1.82, 2.24) is 9.29 Å². The van der Waals surface area contributed by atoms with E-state index >= 15 is 0 Å². The Kier molecular flexibility index (Phi) is 6.31. The SMILES string of the molecule is CC(C)S(=O)(=O)N1CCC[C@H](C(=O)Nc2ccccc2Oc2cccnc2)C1. The molecule has 0 bridgehead atoms. The number of rotatable bonds is 6. The van der Waals surface area contributed by atoms with Crippen LogP contribution in [0.4, 0.5) is 5.69 Å². The number of aromatic nitrogens is 1. The topological polar surface area (TPSA) is 88.6 Å². The van der Waals surface area contributed by atoms with Crippen LogP contribution in [0.15, 0.2) is 48.8 Å². The molecule has 1 fully saturated rings. The van der Waals surface area contributed by atoms with Gasteiger partial charge in [0.15, 0.2) is 5.75 Å². The van der Waals surface area contributed by atoms with E-state index in [4.69, 9.17) is 4.74 Å². The summed E-state index contributed by atoms with van der Waals surface area (Å²) in [6, 6.07) is 10.7. The second-order valence-electron chi connectivity index (χ2n) is 7.07. The van der Waals surface area contributed by atoms with Crippen LogP contribution in [0, 0.1) is 5.92 Å². The Morgan fingerprint density at radius 1 is 1.25 bits per heavy atom. The molecule has 1 aliphatic heterocycles. The molecule has 2 heterocycles. The van der Waals surface area contributed by atoms with Crippen LogP contribution < -0.4 is 10.1 Å². The van der Waals surface area contributed by atoms with Gasteiger partial charge in [0.1, 0.15) is 5.75 Å². The van der Waals surface area contributed by atoms with Crippen molar-refractivity contribution in [1.29, 1.82) is 0 Å². The first kappa shape index (κ1) is 20.3. The van der Waals surface area contributed by atoms with E-state index in [9.17, 15) is 13.2 Å². The van der Waals surface area contributed by atoms with E-state index < -0.39 is 21.2 Å². The third-order valence-electron chi connectivity index (χ3n) is 4.72. The van der Waals surface area contributed by atoms with Gasteiger partial charge in [-0.2, -0.15) is 0 Å². The molecule has 1 aromatic heterocycles. The number of nitrogens with one attached hydrogen (secondary N) is 1. The maximum Gasteiger partial charge on any atom is 0.228 e. The molecule has 1 amide bonds. The smallest absolute Gasteiger partial charge is 0.228 e. The molecule has 28 heavy (non-hydrogen) atoms. The Balaban J connectivity index is 1.71. The van der Waals surface area contributed by atoms with Gasteiger partial charge < -0.3 is 10.1 Å². The molecule has 1 N–H and O–H groups in total. The highest BCUT2D eigenvalue weighted by molar-refractivity contribution is 7.89. The summed E-state index contributed by atoms with van der Waals surface area (Å²) in [5.74, 6) is 0.474. The molecule has 0 aliphatic carbocycles. The lowest BCUT2D eigenvalue weighted by atomic mass is 9.98. The minimum Gasteiger partial charge on any atom is -0.454 e. The lowest BCUT2D eigenvalue weighted by Crippen LogP contribution is -2.46. The predicted molar refractivity (Wildman–Crippen MR) is 108 cm³/mol. The van der Waals surface area contributed by atoms with Crippen LogP contribution in [-0.4, -0.2) is 42.0 Å². The molecule has 8 heteroatoms. The fourth-order valence-corrected chi connectivity index (χ4v) is 4.48. The molecule has 1 atom stereocenters. The summed E-state index contributed by atoms with van der Waals surface area (Å²) in [6.07, 6.45) is 4.56. The molecular weight excluding hydrogens is 378 g/mol. The number of anilines is 1. The van der Waals surface area contributed by atoms with Crippen molar-refractivity contribution in [3.8, 4) is 11.5 Å². The normalized spacial score (nSPS) is 18.0. The number of nitrogens with zero attached hydrogens (tertiary/aromatic N) is 2. The summed E-state index contributed by atoms with van der Waals surface area (Å²) >= 11 is 0. The van der Waals surface area contributed by atoms with Crippen molar-refractivity contribution in [3.05, 3.63) is 48.8 Å². The van der Waals surface area contributed by atoms with Crippen LogP contribution in [-0.2, 0) is 14.8 Å². The average molecular weight is 404 g/mol. The van der Waals surface area contributed by atoms with E-state index in [0.29, 0.717) is 36.6 Å². The average Bonchev–Trinajstić information content (AvgIpc) is 2.70. The summed E-state index contributed by atoms with van der Waals surface area (Å²) in [4.78, 5) is 16.8. The van der Waals surface area contributed by atoms with Gasteiger partial charge in [-0.05, 0) is 51.0 Å². The maximum absolute atomic E-state index is 12.8. The largest absolute Gasteiger partial charge is 0.454 e. The van der Waals surface area contributed by atoms with Crippen LogP contribution in [0.5, 0.6) is 11.5 Å². The number of sulfonamides is 1. The van der Waals surface area contributed by atoms with E-state index in [1.54, 1.807) is 50.5 Å². The van der Waals surface area contributed by atoms with E-state index in [1.165, 1.54) is 4.31 Å². The van der Waals surface area contributed by atoms with E-state index in [2.05, 4.69) is 10.3 Å². The highest BCUT2D eigenvalue weighted by atomic mass is 32.2. The second-order valence-corrected chi connectivity index (χ2v) is 9.56. The lowest BCUT2D eigenvalue weighted by molar-refractivity contribution is -0.120. The number of carbonyl (C=O) groups is 1. The number of pyridine rings is 1. The molecule has 1 aliphatic rings. The van der Waals surface area contributed by atoms with E-state index in [0.717, 1.165) is 0 Å². The highest BCUT2D eigenvalue weighted by Crippen LogP contribution is 2.30. The number of hydrogen-bond acceptors (Lipinski definition) is 5. The van der Waals surface area contributed by atoms with Gasteiger partial charge in [0, 0.05) is 19.3 Å². The Labute approximate surface area is 165 Å². The number of hydrogen-bond donors (Lipinski definition) is 1. The van der Waals surface area contributed by atoms with Crippen molar-refractivity contribution in [2.24, 2.45) is 5.92 Å². The molecule has 1 saturated heterocycles. The molecular formula is C20H25N3O4S. The van der Waals surface area contributed by atoms with Gasteiger partial charge in [-0.25, -0.2) is 12.7 Å². The summed E-state index contributed by atoms with van der Waals surface area (Å²) in [7, 11) is -3.37. The quantitative estimate of drug-likeness (QED) is 0.800. The zero-order valence-electron chi connectivity index (χ0n) is 16.0. The number of para-hydroxylation sites is 2. The van der Waals surface area contributed by atoms with Crippen LogP contribution >= 0.6 is 0 Å². The highest BCUT2D eigenvalue weighted by Gasteiger charge is 2.34. The molecule has 2 aromatic rings. The van der Waals surface area contributed by atoms with E-state index in [-0.39, 0.29) is 12.5 Å². The third kappa shape index (κ3) is 4.69. The number of benzene rings is 1. The Hall–Kier alpha value is -2.45. The molecule has 1 aromatic carbocycles. The summed E-state index contributed by atoms with van der Waals surface area (Å²) in [5, 5.41) is 2.40. The number of piperidine rings is 1. The first-order valence-electron chi connectivity index (χ1n) is 9.34. The Morgan fingerprint density at radius 3 is 2.75 bits per heavy atom. The third-order valence-corrected chi connectivity index (χ3v) is 6.96. The predicted octanol–water partition coefficient (Wildman–Crippen LogP) is 3.26. The molecule has 0 unspecified atom stereocenters. The molecule has 0 spiro atoms. The summed E-state index contributed by atoms with van der Waals surface area (Å²) in [6.45, 7) is 3.99. The summed E-state index contributed by atoms with van der Waals surface area (Å²) in [5.41, 5.74) is 0.542. The van der Waals surface area contributed by atoms with Crippen molar-refractivity contribution >= 4 is 21.6 Å². The minimum absolute atomic E-state index is 0.203. The van der Waals surface area contributed by atoms with Crippen molar-refractivity contribution in [2.75, 3.05) is 18.4 Å². The maximum atomic E-state index is 12.8. The molecule has 150 valence electrons. The zero-order valence-corrected chi connectivity index (χ0v) is 16.9. The fraction of sp³-hybridized carbons (Fsp3) is 0.400. The zero-order chi connectivity index (χ0) is 20.1. The van der Waals surface area contributed by atoms with E-state index in [1.807, 2.05) is 12.1 Å². The number of amides is 1. The number of ether oxygens (including phenoxy) is 1. The van der Waals surface area contributed by atoms with Gasteiger partial charge >= 0.3 is 0 Å². The van der Waals surface area contributed by atoms with Crippen LogP contribution in [0.2, 0.25) is 0 Å². The molecule has 3 rings (SSSR count). The van der Waals surface area contributed by atoms with Gasteiger partial charge in [-0.3, -0.25) is 9.78 Å². The Bertz CT molecular complexity index is 916. The van der Waals surface area contributed by atoms with Gasteiger partial charge in [0.05, 0.1) is 23.1 Å². The Morgan fingerprint density at radius 2 is 2.04 bits per heavy atom. The molecule has 0 saturated carbocycles. The summed E-state index contributed by atoms with van der Waals surface area (Å²) < 4.78 is 32.1. The van der Waals surface area contributed by atoms with Crippen molar-refractivity contribution in [2.45, 2.75) is 31.9 Å². The van der Waals surface area contributed by atoms with Gasteiger partial charge in [0.2, 0.25) is 15.9 Å².